The number of rotatable bonds is 4. The van der Waals surface area contributed by atoms with Crippen LogP contribution in [0.25, 0.3) is 6.08 Å². The van der Waals surface area contributed by atoms with E-state index in [1.54, 1.807) is 6.20 Å². The lowest BCUT2D eigenvalue weighted by Gasteiger charge is -1.94. The van der Waals surface area contributed by atoms with Gasteiger partial charge in [0.15, 0.2) is 0 Å². The van der Waals surface area contributed by atoms with Gasteiger partial charge in [-0.1, -0.05) is 12.2 Å². The lowest BCUT2D eigenvalue weighted by Crippen LogP contribution is -2.05. The largest absolute Gasteiger partial charge is 0.319 e. The standard InChI is InChI=1S/C10H13BrN2/c1-12-5-3-2-4-9-6-10(11)8-13-7-9/h2,4,6-8,12H,3,5H2,1H3. The Hall–Kier alpha value is -0.670. The van der Waals surface area contributed by atoms with Crippen LogP contribution < -0.4 is 5.32 Å². The van der Waals surface area contributed by atoms with Gasteiger partial charge >= 0.3 is 0 Å². The highest BCUT2D eigenvalue weighted by molar-refractivity contribution is 9.10. The molecule has 3 heteroatoms. The maximum atomic E-state index is 4.07. The maximum Gasteiger partial charge on any atom is 0.0410 e. The van der Waals surface area contributed by atoms with Gasteiger partial charge < -0.3 is 5.32 Å². The fourth-order valence-electron chi connectivity index (χ4n) is 0.967. The highest BCUT2D eigenvalue weighted by Gasteiger charge is 1.88. The molecule has 0 aromatic carbocycles. The van der Waals surface area contributed by atoms with Crippen LogP contribution in [0.2, 0.25) is 0 Å². The van der Waals surface area contributed by atoms with Crippen molar-refractivity contribution in [1.29, 1.82) is 0 Å². The van der Waals surface area contributed by atoms with Gasteiger partial charge in [0, 0.05) is 16.9 Å². The molecule has 1 aromatic rings. The van der Waals surface area contributed by atoms with Crippen LogP contribution >= 0.6 is 15.9 Å². The number of pyridine rings is 1. The zero-order valence-corrected chi connectivity index (χ0v) is 9.21. The van der Waals surface area contributed by atoms with Crippen LogP contribution in [0.15, 0.2) is 29.0 Å². The zero-order chi connectivity index (χ0) is 9.52. The summed E-state index contributed by atoms with van der Waals surface area (Å²) in [6.45, 7) is 1.01. The smallest absolute Gasteiger partial charge is 0.0410 e. The van der Waals surface area contributed by atoms with E-state index >= 15 is 0 Å². The van der Waals surface area contributed by atoms with E-state index in [1.165, 1.54) is 0 Å². The van der Waals surface area contributed by atoms with Crippen LogP contribution in [0.3, 0.4) is 0 Å². The van der Waals surface area contributed by atoms with Gasteiger partial charge in [-0.3, -0.25) is 4.98 Å². The van der Waals surface area contributed by atoms with E-state index in [0.717, 1.165) is 23.0 Å². The number of hydrogen-bond donors (Lipinski definition) is 1. The lowest BCUT2D eigenvalue weighted by atomic mass is 10.2. The van der Waals surface area contributed by atoms with Crippen LogP contribution in [-0.2, 0) is 0 Å². The Balaban J connectivity index is 2.48. The summed E-state index contributed by atoms with van der Waals surface area (Å²) in [6, 6.07) is 2.04. The van der Waals surface area contributed by atoms with Crippen molar-refractivity contribution in [1.82, 2.24) is 10.3 Å². The van der Waals surface area contributed by atoms with Crippen molar-refractivity contribution in [2.24, 2.45) is 0 Å². The highest BCUT2D eigenvalue weighted by Crippen LogP contribution is 2.10. The molecule has 0 saturated carbocycles. The van der Waals surface area contributed by atoms with Crippen molar-refractivity contribution in [3.8, 4) is 0 Å². The predicted molar refractivity (Wildman–Crippen MR) is 59.5 cm³/mol. The van der Waals surface area contributed by atoms with E-state index in [0.29, 0.717) is 0 Å². The van der Waals surface area contributed by atoms with Crippen molar-refractivity contribution in [2.75, 3.05) is 13.6 Å². The zero-order valence-electron chi connectivity index (χ0n) is 7.63. The molecule has 0 aliphatic heterocycles. The minimum absolute atomic E-state index is 1.01. The molecule has 1 N–H and O–H groups in total. The van der Waals surface area contributed by atoms with Crippen LogP contribution in [0, 0.1) is 0 Å². The van der Waals surface area contributed by atoms with Gasteiger partial charge in [-0.15, -0.1) is 0 Å². The molecule has 0 saturated heterocycles. The molecule has 0 atom stereocenters. The number of aromatic nitrogens is 1. The molecule has 70 valence electrons. The maximum absolute atomic E-state index is 4.07. The molecule has 1 aromatic heterocycles. The minimum atomic E-state index is 1.01. The Morgan fingerprint density at radius 3 is 3.08 bits per heavy atom. The molecule has 2 nitrogen and oxygen atoms in total. The fourth-order valence-corrected chi connectivity index (χ4v) is 1.35. The summed E-state index contributed by atoms with van der Waals surface area (Å²) in [5.74, 6) is 0. The molecular formula is C10H13BrN2. The van der Waals surface area contributed by atoms with Crippen molar-refractivity contribution in [3.63, 3.8) is 0 Å². The SMILES string of the molecule is CNCCC=Cc1cncc(Br)c1. The summed E-state index contributed by atoms with van der Waals surface area (Å²) in [4.78, 5) is 4.07. The second kappa shape index (κ2) is 5.89. The molecule has 0 aliphatic rings. The van der Waals surface area contributed by atoms with E-state index in [4.69, 9.17) is 0 Å². The predicted octanol–water partition coefficient (Wildman–Crippen LogP) is 2.47. The summed E-state index contributed by atoms with van der Waals surface area (Å²) in [6.07, 6.45) is 8.89. The van der Waals surface area contributed by atoms with Gasteiger partial charge in [0.25, 0.3) is 0 Å². The monoisotopic (exact) mass is 240 g/mol. The van der Waals surface area contributed by atoms with E-state index in [2.05, 4.69) is 38.4 Å². The summed E-state index contributed by atoms with van der Waals surface area (Å²) >= 11 is 3.38. The molecule has 0 amide bonds. The van der Waals surface area contributed by atoms with Crippen LogP contribution in [-0.4, -0.2) is 18.6 Å². The molecule has 1 heterocycles. The number of nitrogens with zero attached hydrogens (tertiary/aromatic N) is 1. The van der Waals surface area contributed by atoms with Crippen LogP contribution in [0.5, 0.6) is 0 Å². The first-order valence-electron chi connectivity index (χ1n) is 4.24. The Kier molecular flexibility index (Phi) is 4.72. The second-order valence-corrected chi connectivity index (χ2v) is 3.65. The third-order valence-electron chi connectivity index (χ3n) is 1.60. The molecule has 0 fully saturated rings. The average Bonchev–Trinajstić information content (AvgIpc) is 2.13. The van der Waals surface area contributed by atoms with Crippen LogP contribution in [0.4, 0.5) is 0 Å². The van der Waals surface area contributed by atoms with E-state index < -0.39 is 0 Å². The van der Waals surface area contributed by atoms with Crippen molar-refractivity contribution >= 4 is 22.0 Å². The first kappa shape index (κ1) is 10.4. The van der Waals surface area contributed by atoms with Gasteiger partial charge in [0.05, 0.1) is 0 Å². The topological polar surface area (TPSA) is 24.9 Å². The number of nitrogens with one attached hydrogen (secondary N) is 1. The summed E-state index contributed by atoms with van der Waals surface area (Å²) in [5, 5.41) is 3.09. The molecule has 0 aliphatic carbocycles. The van der Waals surface area contributed by atoms with Gasteiger partial charge in [-0.05, 0) is 47.6 Å². The van der Waals surface area contributed by atoms with Crippen molar-refractivity contribution < 1.29 is 0 Å². The van der Waals surface area contributed by atoms with Crippen molar-refractivity contribution in [2.45, 2.75) is 6.42 Å². The van der Waals surface area contributed by atoms with E-state index in [-0.39, 0.29) is 0 Å². The van der Waals surface area contributed by atoms with E-state index in [1.807, 2.05) is 19.3 Å². The van der Waals surface area contributed by atoms with Crippen LogP contribution in [0.1, 0.15) is 12.0 Å². The van der Waals surface area contributed by atoms with Gasteiger partial charge in [-0.25, -0.2) is 0 Å². The Morgan fingerprint density at radius 2 is 2.38 bits per heavy atom. The summed E-state index contributed by atoms with van der Waals surface area (Å²) in [5.41, 5.74) is 1.13. The van der Waals surface area contributed by atoms with Gasteiger partial charge in [-0.2, -0.15) is 0 Å². The van der Waals surface area contributed by atoms with Gasteiger partial charge in [0.1, 0.15) is 0 Å². The fraction of sp³-hybridized carbons (Fsp3) is 0.300. The lowest BCUT2D eigenvalue weighted by molar-refractivity contribution is 0.809. The Morgan fingerprint density at radius 1 is 1.54 bits per heavy atom. The first-order valence-corrected chi connectivity index (χ1v) is 5.04. The van der Waals surface area contributed by atoms with E-state index in [9.17, 15) is 0 Å². The Labute approximate surface area is 87.2 Å². The molecule has 13 heavy (non-hydrogen) atoms. The molecular weight excluding hydrogens is 228 g/mol. The summed E-state index contributed by atoms with van der Waals surface area (Å²) in [7, 11) is 1.95. The third kappa shape index (κ3) is 4.20. The number of hydrogen-bond acceptors (Lipinski definition) is 2. The summed E-state index contributed by atoms with van der Waals surface area (Å²) < 4.78 is 1.02. The molecule has 0 unspecified atom stereocenters. The minimum Gasteiger partial charge on any atom is -0.319 e. The molecule has 0 spiro atoms. The molecule has 1 rings (SSSR count). The second-order valence-electron chi connectivity index (χ2n) is 2.73. The molecule has 0 radical (unpaired) electrons. The van der Waals surface area contributed by atoms with Gasteiger partial charge in [0.2, 0.25) is 0 Å². The third-order valence-corrected chi connectivity index (χ3v) is 2.03. The first-order chi connectivity index (χ1) is 6.33. The average molecular weight is 241 g/mol. The number of halogens is 1. The highest BCUT2D eigenvalue weighted by atomic mass is 79.9. The van der Waals surface area contributed by atoms with Crippen molar-refractivity contribution in [3.05, 3.63) is 34.6 Å². The normalized spacial score (nSPS) is 10.9. The molecule has 0 bridgehead atoms. The Bertz CT molecular complexity index is 284. The quantitative estimate of drug-likeness (QED) is 0.819.